The van der Waals surface area contributed by atoms with Crippen LogP contribution in [0.1, 0.15) is 55.6 Å². The molecular formula is C20H30Cl2Th-2. The minimum absolute atomic E-state index is 1.06. The van der Waals surface area contributed by atoms with Gasteiger partial charge >= 0.3 is 44.7 Å². The zero-order valence-corrected chi connectivity index (χ0v) is 21.9. The van der Waals surface area contributed by atoms with Gasteiger partial charge in [0.05, 0.1) is 0 Å². The fourth-order valence-electron chi connectivity index (χ4n) is 2.81. The van der Waals surface area contributed by atoms with Crippen molar-refractivity contribution in [2.45, 2.75) is 69.2 Å². The summed E-state index contributed by atoms with van der Waals surface area (Å²) in [6, 6.07) is 0. The van der Waals surface area contributed by atoms with Crippen LogP contribution in [0.3, 0.4) is 0 Å². The average Bonchev–Trinajstić information content (AvgIpc) is 2.80. The minimum atomic E-state index is -1.06. The Morgan fingerprint density at radius 3 is 0.696 bits per heavy atom. The molecule has 0 fully saturated rings. The summed E-state index contributed by atoms with van der Waals surface area (Å²) in [7, 11) is 0. The van der Waals surface area contributed by atoms with Gasteiger partial charge in [-0.3, -0.25) is 0 Å². The van der Waals surface area contributed by atoms with E-state index in [0.29, 0.717) is 0 Å². The van der Waals surface area contributed by atoms with Gasteiger partial charge in [-0.1, -0.05) is 69.2 Å². The maximum absolute atomic E-state index is 4.97. The van der Waals surface area contributed by atoms with E-state index >= 15 is 0 Å². The van der Waals surface area contributed by atoms with Gasteiger partial charge in [-0.25, -0.2) is 0 Å². The summed E-state index contributed by atoms with van der Waals surface area (Å²) in [5, 5.41) is 0. The first-order chi connectivity index (χ1) is 10.5. The van der Waals surface area contributed by atoms with Gasteiger partial charge in [0, 0.05) is 0 Å². The topological polar surface area (TPSA) is 0 Å². The molecule has 2 aromatic carbocycles. The van der Waals surface area contributed by atoms with Crippen LogP contribution in [0.5, 0.6) is 0 Å². The molecule has 0 N–H and O–H groups in total. The van der Waals surface area contributed by atoms with Crippen molar-refractivity contribution in [1.82, 2.24) is 0 Å². The molecule has 0 spiro atoms. The molecule has 0 heterocycles. The summed E-state index contributed by atoms with van der Waals surface area (Å²) in [5.41, 5.74) is 14.7. The van der Waals surface area contributed by atoms with Gasteiger partial charge in [0.15, 0.2) is 0 Å². The molecule has 2 rings (SSSR count). The molecule has 23 heavy (non-hydrogen) atoms. The first kappa shape index (κ1) is 23.6. The molecule has 0 saturated carbocycles. The molecule has 0 atom stereocenters. The summed E-state index contributed by atoms with van der Waals surface area (Å²) in [4.78, 5) is 0. The molecule has 0 unspecified atom stereocenters. The van der Waals surface area contributed by atoms with Gasteiger partial charge in [0.25, 0.3) is 0 Å². The predicted molar refractivity (Wildman–Crippen MR) is 103 cm³/mol. The summed E-state index contributed by atoms with van der Waals surface area (Å²) in [5.74, 6) is 9.95. The Kier molecular flexibility index (Phi) is 10.8. The third kappa shape index (κ3) is 5.82. The molecular weight excluding hydrogens is 543 g/mol. The SMILES string of the molecule is Cc1c(C)c(C)[c-](C)c1C.Cc1c(C)c(C)[c-](C)c1C.[Cl][Th][Cl]. The van der Waals surface area contributed by atoms with Gasteiger partial charge in [-0.2, -0.15) is 55.6 Å². The molecule has 0 radical (unpaired) electrons. The fraction of sp³-hybridized carbons (Fsp3) is 0.500. The van der Waals surface area contributed by atoms with Crippen LogP contribution in [0.25, 0.3) is 0 Å². The van der Waals surface area contributed by atoms with Crippen molar-refractivity contribution >= 4 is 11.9 Å². The van der Waals surface area contributed by atoms with Crippen molar-refractivity contribution in [3.05, 3.63) is 55.6 Å². The quantitative estimate of drug-likeness (QED) is 0.291. The Hall–Kier alpha value is 0.605. The summed E-state index contributed by atoms with van der Waals surface area (Å²) in [6.45, 7) is 22.0. The molecule has 0 aliphatic heterocycles. The van der Waals surface area contributed by atoms with Gasteiger partial charge in [-0.05, 0) is 0 Å². The Bertz CT molecular complexity index is 429. The second-order valence-electron chi connectivity index (χ2n) is 6.32. The van der Waals surface area contributed by atoms with Crippen LogP contribution in [0.2, 0.25) is 0 Å². The number of hydrogen-bond donors (Lipinski definition) is 0. The average molecular weight is 573 g/mol. The second kappa shape index (κ2) is 10.6. The Morgan fingerprint density at radius 2 is 0.652 bits per heavy atom. The maximum atomic E-state index is 4.97. The van der Waals surface area contributed by atoms with Crippen LogP contribution in [0, 0.1) is 102 Å². The zero-order valence-electron chi connectivity index (χ0n) is 16.3. The van der Waals surface area contributed by atoms with Crippen molar-refractivity contribution in [3.8, 4) is 0 Å². The third-order valence-electron chi connectivity index (χ3n) is 5.62. The van der Waals surface area contributed by atoms with Gasteiger partial charge in [0.2, 0.25) is 0 Å². The van der Waals surface area contributed by atoms with Gasteiger partial charge in [-0.15, -0.1) is 0 Å². The Balaban J connectivity index is 0.000000360. The van der Waals surface area contributed by atoms with Crippen molar-refractivity contribution in [2.24, 2.45) is 0 Å². The Morgan fingerprint density at radius 1 is 0.522 bits per heavy atom. The van der Waals surface area contributed by atoms with E-state index < -0.39 is 32.8 Å². The van der Waals surface area contributed by atoms with Crippen molar-refractivity contribution in [2.75, 3.05) is 0 Å². The molecule has 0 amide bonds. The molecule has 3 heteroatoms. The first-order valence-corrected chi connectivity index (χ1v) is 18.0. The van der Waals surface area contributed by atoms with Gasteiger partial charge in [0.1, 0.15) is 0 Å². The Labute approximate surface area is 168 Å². The summed E-state index contributed by atoms with van der Waals surface area (Å²) < 4.78 is 0. The molecule has 0 aliphatic rings. The van der Waals surface area contributed by atoms with Gasteiger partial charge < -0.3 is 0 Å². The molecule has 0 aromatic heterocycles. The van der Waals surface area contributed by atoms with E-state index in [9.17, 15) is 0 Å². The van der Waals surface area contributed by atoms with E-state index in [-0.39, 0.29) is 0 Å². The van der Waals surface area contributed by atoms with E-state index in [0.717, 1.165) is 0 Å². The normalized spacial score (nSPS) is 9.57. The first-order valence-electron chi connectivity index (χ1n) is 7.88. The van der Waals surface area contributed by atoms with E-state index in [2.05, 4.69) is 69.2 Å². The summed E-state index contributed by atoms with van der Waals surface area (Å²) >= 11 is -1.06. The molecule has 130 valence electrons. The number of halogens is 2. The van der Waals surface area contributed by atoms with E-state index in [1.54, 1.807) is 0 Å². The van der Waals surface area contributed by atoms with Crippen LogP contribution in [-0.2, 0) is 0 Å². The number of rotatable bonds is 0. The van der Waals surface area contributed by atoms with Crippen LogP contribution in [-0.4, -0.2) is 0 Å². The second-order valence-corrected chi connectivity index (χ2v) is 12.2. The van der Waals surface area contributed by atoms with Crippen molar-refractivity contribution < 1.29 is 32.8 Å². The van der Waals surface area contributed by atoms with Crippen molar-refractivity contribution in [3.63, 3.8) is 0 Å². The predicted octanol–water partition coefficient (Wildman–Crippen LogP) is 7.27. The van der Waals surface area contributed by atoms with Crippen LogP contribution in [0.15, 0.2) is 0 Å². The molecule has 0 aliphatic carbocycles. The van der Waals surface area contributed by atoms with Crippen LogP contribution >= 0.6 is 11.9 Å². The van der Waals surface area contributed by atoms with Crippen molar-refractivity contribution in [1.29, 1.82) is 0 Å². The molecule has 0 saturated heterocycles. The molecule has 0 bridgehead atoms. The van der Waals surface area contributed by atoms with Crippen LogP contribution in [0.4, 0.5) is 0 Å². The van der Waals surface area contributed by atoms with E-state index in [4.69, 9.17) is 11.9 Å². The number of hydrogen-bond acceptors (Lipinski definition) is 0. The third-order valence-corrected chi connectivity index (χ3v) is 5.62. The van der Waals surface area contributed by atoms with E-state index in [1.807, 2.05) is 0 Å². The fourth-order valence-corrected chi connectivity index (χ4v) is 2.81. The summed E-state index contributed by atoms with van der Waals surface area (Å²) in [6.07, 6.45) is 0. The zero-order chi connectivity index (χ0) is 18.5. The van der Waals surface area contributed by atoms with Crippen LogP contribution < -0.4 is 0 Å². The molecule has 0 nitrogen and oxygen atoms in total. The monoisotopic (exact) mass is 572 g/mol. The standard InChI is InChI=1S/2C10H15.2ClH.Th/c2*1-6-7(2)9(4)10(5)8(6)3;;;/h2*1-5H3;2*1H;/q2*-1;;;+2/p-2. The molecule has 2 aromatic rings. The van der Waals surface area contributed by atoms with E-state index in [1.165, 1.54) is 55.6 Å².